The number of aryl methyl sites for hydroxylation is 1. The van der Waals surface area contributed by atoms with Crippen LogP contribution in [0, 0.1) is 12.7 Å². The Kier molecular flexibility index (Phi) is 5.09. The van der Waals surface area contributed by atoms with Crippen LogP contribution in [0.1, 0.15) is 12.0 Å². The summed E-state index contributed by atoms with van der Waals surface area (Å²) in [4.78, 5) is 6.27. The van der Waals surface area contributed by atoms with Crippen LogP contribution >= 0.6 is 15.9 Å². The summed E-state index contributed by atoms with van der Waals surface area (Å²) in [7, 11) is 0. The first-order valence-corrected chi connectivity index (χ1v) is 7.27. The van der Waals surface area contributed by atoms with Crippen LogP contribution in [0.15, 0.2) is 41.0 Å². The van der Waals surface area contributed by atoms with Gasteiger partial charge in [-0.15, -0.1) is 0 Å². The van der Waals surface area contributed by atoms with Crippen molar-refractivity contribution in [1.29, 1.82) is 0 Å². The van der Waals surface area contributed by atoms with E-state index in [1.807, 2.05) is 24.0 Å². The van der Waals surface area contributed by atoms with Gasteiger partial charge in [0.25, 0.3) is 0 Å². The van der Waals surface area contributed by atoms with Crippen molar-refractivity contribution in [1.82, 2.24) is 4.98 Å². The van der Waals surface area contributed by atoms with Crippen molar-refractivity contribution in [3.05, 3.63) is 52.4 Å². The number of hydrogen-bond acceptors (Lipinski definition) is 3. The minimum atomic E-state index is -0.265. The summed E-state index contributed by atoms with van der Waals surface area (Å²) in [5.74, 6) is 0.438. The Labute approximate surface area is 126 Å². The standard InChI is InChI=1S/C15H17BrFN3/c1-11-9-12(16)15(19-10-11)20(8-4-7-18)14-6-3-2-5-13(14)17/h2-3,5-6,9-10H,4,7-8,18H2,1H3. The lowest BCUT2D eigenvalue weighted by atomic mass is 10.2. The first-order valence-electron chi connectivity index (χ1n) is 6.47. The summed E-state index contributed by atoms with van der Waals surface area (Å²) in [6, 6.07) is 8.67. The van der Waals surface area contributed by atoms with Crippen molar-refractivity contribution < 1.29 is 4.39 Å². The Balaban J connectivity index is 2.44. The van der Waals surface area contributed by atoms with Crippen molar-refractivity contribution in [2.24, 2.45) is 5.73 Å². The van der Waals surface area contributed by atoms with Gasteiger partial charge in [-0.1, -0.05) is 12.1 Å². The van der Waals surface area contributed by atoms with Gasteiger partial charge >= 0.3 is 0 Å². The van der Waals surface area contributed by atoms with Gasteiger partial charge in [-0.3, -0.25) is 0 Å². The maximum absolute atomic E-state index is 14.0. The summed E-state index contributed by atoms with van der Waals surface area (Å²) in [6.07, 6.45) is 2.53. The van der Waals surface area contributed by atoms with E-state index in [4.69, 9.17) is 5.73 Å². The SMILES string of the molecule is Cc1cnc(N(CCCN)c2ccccc2F)c(Br)c1. The molecule has 0 unspecified atom stereocenters. The Morgan fingerprint density at radius 1 is 1.35 bits per heavy atom. The fourth-order valence-corrected chi connectivity index (χ4v) is 2.66. The van der Waals surface area contributed by atoms with Crippen molar-refractivity contribution in [2.45, 2.75) is 13.3 Å². The molecule has 2 N–H and O–H groups in total. The molecule has 0 amide bonds. The molecule has 0 bridgehead atoms. The lowest BCUT2D eigenvalue weighted by Crippen LogP contribution is -2.23. The zero-order valence-corrected chi connectivity index (χ0v) is 12.9. The third-order valence-electron chi connectivity index (χ3n) is 2.94. The number of hydrogen-bond donors (Lipinski definition) is 1. The number of rotatable bonds is 5. The number of benzene rings is 1. The molecule has 1 aromatic carbocycles. The fourth-order valence-electron chi connectivity index (χ4n) is 1.99. The van der Waals surface area contributed by atoms with Crippen LogP contribution in [0.5, 0.6) is 0 Å². The maximum Gasteiger partial charge on any atom is 0.147 e. The highest BCUT2D eigenvalue weighted by Crippen LogP contribution is 2.32. The molecule has 0 fully saturated rings. The molecular formula is C15H17BrFN3. The molecule has 1 heterocycles. The van der Waals surface area contributed by atoms with E-state index in [-0.39, 0.29) is 5.82 Å². The molecule has 0 aliphatic carbocycles. The third-order valence-corrected chi connectivity index (χ3v) is 3.53. The fraction of sp³-hybridized carbons (Fsp3) is 0.267. The number of anilines is 2. The molecule has 1 aromatic heterocycles. The van der Waals surface area contributed by atoms with Gasteiger partial charge in [0.05, 0.1) is 10.2 Å². The molecule has 2 rings (SSSR count). The molecule has 0 saturated heterocycles. The molecule has 0 spiro atoms. The second kappa shape index (κ2) is 6.81. The Morgan fingerprint density at radius 3 is 2.75 bits per heavy atom. The molecule has 5 heteroatoms. The average molecular weight is 338 g/mol. The zero-order valence-electron chi connectivity index (χ0n) is 11.3. The lowest BCUT2D eigenvalue weighted by molar-refractivity contribution is 0.622. The van der Waals surface area contributed by atoms with Crippen LogP contribution in [0.25, 0.3) is 0 Å². The second-order valence-corrected chi connectivity index (χ2v) is 5.42. The molecule has 0 aliphatic rings. The average Bonchev–Trinajstić information content (AvgIpc) is 2.42. The van der Waals surface area contributed by atoms with E-state index >= 15 is 0 Å². The molecule has 0 aliphatic heterocycles. The summed E-state index contributed by atoms with van der Waals surface area (Å²) in [5.41, 5.74) is 7.14. The molecule has 3 nitrogen and oxygen atoms in total. The van der Waals surface area contributed by atoms with E-state index in [0.29, 0.717) is 24.6 Å². The van der Waals surface area contributed by atoms with E-state index in [1.54, 1.807) is 18.3 Å². The van der Waals surface area contributed by atoms with Gasteiger partial charge in [-0.2, -0.15) is 0 Å². The van der Waals surface area contributed by atoms with Crippen LogP contribution in [0.2, 0.25) is 0 Å². The smallest absolute Gasteiger partial charge is 0.147 e. The van der Waals surface area contributed by atoms with E-state index in [2.05, 4.69) is 20.9 Å². The highest BCUT2D eigenvalue weighted by Gasteiger charge is 2.16. The summed E-state index contributed by atoms with van der Waals surface area (Å²) in [5, 5.41) is 0. The first-order chi connectivity index (χ1) is 9.63. The van der Waals surface area contributed by atoms with Crippen LogP contribution in [0.4, 0.5) is 15.9 Å². The van der Waals surface area contributed by atoms with E-state index in [0.717, 1.165) is 16.5 Å². The molecule has 2 aromatic rings. The van der Waals surface area contributed by atoms with Gasteiger partial charge in [0, 0.05) is 12.7 Å². The number of halogens is 2. The van der Waals surface area contributed by atoms with Crippen molar-refractivity contribution in [2.75, 3.05) is 18.0 Å². The van der Waals surface area contributed by atoms with Crippen LogP contribution in [-0.2, 0) is 0 Å². The molecule has 0 atom stereocenters. The number of nitrogens with zero attached hydrogens (tertiary/aromatic N) is 2. The summed E-state index contributed by atoms with van der Waals surface area (Å²) in [6.45, 7) is 3.13. The van der Waals surface area contributed by atoms with Crippen LogP contribution in [0.3, 0.4) is 0 Å². The van der Waals surface area contributed by atoms with Crippen molar-refractivity contribution in [3.8, 4) is 0 Å². The normalized spacial score (nSPS) is 10.6. The number of aromatic nitrogens is 1. The molecule has 106 valence electrons. The van der Waals surface area contributed by atoms with Crippen LogP contribution < -0.4 is 10.6 Å². The largest absolute Gasteiger partial charge is 0.330 e. The number of para-hydroxylation sites is 1. The highest BCUT2D eigenvalue weighted by atomic mass is 79.9. The molecule has 0 saturated carbocycles. The third kappa shape index (κ3) is 3.35. The van der Waals surface area contributed by atoms with E-state index in [1.165, 1.54) is 6.07 Å². The highest BCUT2D eigenvalue weighted by molar-refractivity contribution is 9.10. The van der Waals surface area contributed by atoms with Gasteiger partial charge < -0.3 is 10.6 Å². The lowest BCUT2D eigenvalue weighted by Gasteiger charge is -2.25. The second-order valence-electron chi connectivity index (χ2n) is 4.56. The van der Waals surface area contributed by atoms with Crippen LogP contribution in [-0.4, -0.2) is 18.1 Å². The Hall–Kier alpha value is -1.46. The van der Waals surface area contributed by atoms with Crippen molar-refractivity contribution in [3.63, 3.8) is 0 Å². The van der Waals surface area contributed by atoms with Crippen molar-refractivity contribution >= 4 is 27.4 Å². The van der Waals surface area contributed by atoms with E-state index in [9.17, 15) is 4.39 Å². The minimum absolute atomic E-state index is 0.265. The molecule has 0 radical (unpaired) electrons. The summed E-state index contributed by atoms with van der Waals surface area (Å²) >= 11 is 3.50. The quantitative estimate of drug-likeness (QED) is 0.902. The van der Waals surface area contributed by atoms with Gasteiger partial charge in [-0.25, -0.2) is 9.37 Å². The zero-order chi connectivity index (χ0) is 14.5. The van der Waals surface area contributed by atoms with Gasteiger partial charge in [0.1, 0.15) is 11.6 Å². The first kappa shape index (κ1) is 14.9. The van der Waals surface area contributed by atoms with Gasteiger partial charge in [0.2, 0.25) is 0 Å². The predicted octanol–water partition coefficient (Wildman–Crippen LogP) is 3.78. The summed E-state index contributed by atoms with van der Waals surface area (Å²) < 4.78 is 14.9. The predicted molar refractivity (Wildman–Crippen MR) is 83.8 cm³/mol. The Morgan fingerprint density at radius 2 is 2.10 bits per heavy atom. The minimum Gasteiger partial charge on any atom is -0.330 e. The molecule has 20 heavy (non-hydrogen) atoms. The Bertz CT molecular complexity index is 589. The van der Waals surface area contributed by atoms with E-state index < -0.39 is 0 Å². The topological polar surface area (TPSA) is 42.2 Å². The maximum atomic E-state index is 14.0. The number of nitrogens with two attached hydrogens (primary N) is 1. The molecular weight excluding hydrogens is 321 g/mol. The van der Waals surface area contributed by atoms with Gasteiger partial charge in [-0.05, 0) is 59.6 Å². The number of pyridine rings is 1. The monoisotopic (exact) mass is 337 g/mol. The van der Waals surface area contributed by atoms with Gasteiger partial charge in [0.15, 0.2) is 0 Å².